The van der Waals surface area contributed by atoms with Crippen LogP contribution in [0.2, 0.25) is 0 Å². The van der Waals surface area contributed by atoms with Crippen LogP contribution in [0, 0.1) is 15.9 Å². The molecule has 4 nitrogen and oxygen atoms in total. The van der Waals surface area contributed by atoms with Crippen molar-refractivity contribution in [1.82, 2.24) is 4.90 Å². The van der Waals surface area contributed by atoms with Crippen molar-refractivity contribution < 1.29 is 9.31 Å². The molecule has 86 valence electrons. The van der Waals surface area contributed by atoms with Crippen molar-refractivity contribution >= 4 is 5.69 Å². The fourth-order valence-electron chi connectivity index (χ4n) is 1.74. The highest BCUT2D eigenvalue weighted by Gasteiger charge is 2.27. The molecule has 0 radical (unpaired) electrons. The number of hydrogen-bond donors (Lipinski definition) is 0. The minimum atomic E-state index is -0.708. The average Bonchev–Trinajstić information content (AvgIpc) is 3.03. The first-order chi connectivity index (χ1) is 7.59. The molecule has 1 aliphatic carbocycles. The van der Waals surface area contributed by atoms with Crippen molar-refractivity contribution in [3.8, 4) is 0 Å². The smallest absolute Gasteiger partial charge is 0.299 e. The zero-order valence-corrected chi connectivity index (χ0v) is 9.02. The third-order valence-corrected chi connectivity index (χ3v) is 2.84. The van der Waals surface area contributed by atoms with Gasteiger partial charge in [-0.25, -0.2) is 0 Å². The van der Waals surface area contributed by atoms with Crippen LogP contribution in [0.4, 0.5) is 10.1 Å². The Labute approximate surface area is 92.8 Å². The van der Waals surface area contributed by atoms with Gasteiger partial charge in [0.1, 0.15) is 0 Å². The summed E-state index contributed by atoms with van der Waals surface area (Å²) < 4.78 is 13.7. The van der Waals surface area contributed by atoms with Crippen LogP contribution in [-0.4, -0.2) is 22.9 Å². The van der Waals surface area contributed by atoms with Crippen molar-refractivity contribution in [1.29, 1.82) is 0 Å². The van der Waals surface area contributed by atoms with Gasteiger partial charge in [0.2, 0.25) is 5.82 Å². The molecule has 0 atom stereocenters. The van der Waals surface area contributed by atoms with Crippen LogP contribution < -0.4 is 0 Å². The maximum atomic E-state index is 13.7. The molecule has 0 saturated heterocycles. The highest BCUT2D eigenvalue weighted by molar-refractivity contribution is 5.36. The predicted molar refractivity (Wildman–Crippen MR) is 57.5 cm³/mol. The van der Waals surface area contributed by atoms with Crippen molar-refractivity contribution in [2.24, 2.45) is 0 Å². The second kappa shape index (κ2) is 4.17. The van der Waals surface area contributed by atoms with Gasteiger partial charge in [-0.1, -0.05) is 12.1 Å². The molecule has 5 heteroatoms. The van der Waals surface area contributed by atoms with Gasteiger partial charge in [0, 0.05) is 24.2 Å². The van der Waals surface area contributed by atoms with Gasteiger partial charge < -0.3 is 0 Å². The quantitative estimate of drug-likeness (QED) is 0.582. The zero-order valence-electron chi connectivity index (χ0n) is 9.02. The summed E-state index contributed by atoms with van der Waals surface area (Å²) in [6.07, 6.45) is 2.26. The highest BCUT2D eigenvalue weighted by Crippen LogP contribution is 2.28. The van der Waals surface area contributed by atoms with E-state index in [4.69, 9.17) is 0 Å². The first-order valence-electron chi connectivity index (χ1n) is 5.21. The van der Waals surface area contributed by atoms with Crippen LogP contribution in [-0.2, 0) is 6.54 Å². The second-order valence-electron chi connectivity index (χ2n) is 4.15. The first-order valence-corrected chi connectivity index (χ1v) is 5.21. The molecule has 0 amide bonds. The number of nitrogens with zero attached hydrogens (tertiary/aromatic N) is 2. The summed E-state index contributed by atoms with van der Waals surface area (Å²) in [6, 6.07) is 4.83. The molecule has 1 fully saturated rings. The van der Waals surface area contributed by atoms with Crippen molar-refractivity contribution in [3.63, 3.8) is 0 Å². The summed E-state index contributed by atoms with van der Waals surface area (Å²) >= 11 is 0. The van der Waals surface area contributed by atoms with Crippen molar-refractivity contribution in [2.45, 2.75) is 25.4 Å². The molecular formula is C11H13FN2O2. The van der Waals surface area contributed by atoms with Gasteiger partial charge in [-0.3, -0.25) is 15.0 Å². The van der Waals surface area contributed by atoms with E-state index in [1.54, 1.807) is 6.07 Å². The standard InChI is InChI=1S/C11H13FN2O2/c1-13(9-5-6-9)7-8-3-2-4-10(11(8)12)14(15)16/h2-4,9H,5-7H2,1H3. The lowest BCUT2D eigenvalue weighted by Gasteiger charge is -2.15. The lowest BCUT2D eigenvalue weighted by Crippen LogP contribution is -2.20. The molecule has 1 aromatic carbocycles. The van der Waals surface area contributed by atoms with Gasteiger partial charge in [0.05, 0.1) is 4.92 Å². The van der Waals surface area contributed by atoms with Crippen LogP contribution in [0.15, 0.2) is 18.2 Å². The van der Waals surface area contributed by atoms with E-state index in [0.29, 0.717) is 18.2 Å². The SMILES string of the molecule is CN(Cc1cccc([N+](=O)[O-])c1F)C1CC1. The molecule has 16 heavy (non-hydrogen) atoms. The summed E-state index contributed by atoms with van der Waals surface area (Å²) in [5.41, 5.74) is -0.0507. The molecule has 1 saturated carbocycles. The summed E-state index contributed by atoms with van der Waals surface area (Å²) in [5.74, 6) is -0.708. The van der Waals surface area contributed by atoms with Gasteiger partial charge in [-0.15, -0.1) is 0 Å². The molecule has 0 unspecified atom stereocenters. The fraction of sp³-hybridized carbons (Fsp3) is 0.455. The Morgan fingerprint density at radius 2 is 2.25 bits per heavy atom. The van der Waals surface area contributed by atoms with E-state index in [1.165, 1.54) is 12.1 Å². The van der Waals surface area contributed by atoms with E-state index >= 15 is 0 Å². The summed E-state index contributed by atoms with van der Waals surface area (Å²) in [4.78, 5) is 11.9. The zero-order chi connectivity index (χ0) is 11.7. The molecule has 0 spiro atoms. The third-order valence-electron chi connectivity index (χ3n) is 2.84. The molecule has 2 rings (SSSR count). The Hall–Kier alpha value is -1.49. The van der Waals surface area contributed by atoms with Gasteiger partial charge in [0.25, 0.3) is 0 Å². The maximum absolute atomic E-state index is 13.7. The Morgan fingerprint density at radius 3 is 2.81 bits per heavy atom. The number of nitro benzene ring substituents is 1. The van der Waals surface area contributed by atoms with Crippen LogP contribution >= 0.6 is 0 Å². The van der Waals surface area contributed by atoms with Crippen LogP contribution in [0.5, 0.6) is 0 Å². The number of halogens is 1. The monoisotopic (exact) mass is 224 g/mol. The lowest BCUT2D eigenvalue weighted by atomic mass is 10.1. The predicted octanol–water partition coefficient (Wildman–Crippen LogP) is 2.33. The van der Waals surface area contributed by atoms with Gasteiger partial charge in [0.15, 0.2) is 0 Å². The van der Waals surface area contributed by atoms with E-state index in [9.17, 15) is 14.5 Å². The summed E-state index contributed by atoms with van der Waals surface area (Å²) in [6.45, 7) is 0.429. The Balaban J connectivity index is 2.19. The van der Waals surface area contributed by atoms with Crippen molar-refractivity contribution in [2.75, 3.05) is 7.05 Å². The second-order valence-corrected chi connectivity index (χ2v) is 4.15. The number of nitro groups is 1. The van der Waals surface area contributed by atoms with Gasteiger partial charge >= 0.3 is 5.69 Å². The molecule has 0 heterocycles. The van der Waals surface area contributed by atoms with Crippen LogP contribution in [0.3, 0.4) is 0 Å². The largest absolute Gasteiger partial charge is 0.305 e. The number of rotatable bonds is 4. The minimum Gasteiger partial charge on any atom is -0.299 e. The van der Waals surface area contributed by atoms with Crippen LogP contribution in [0.25, 0.3) is 0 Å². The van der Waals surface area contributed by atoms with Gasteiger partial charge in [-0.05, 0) is 19.9 Å². The fourth-order valence-corrected chi connectivity index (χ4v) is 1.74. The highest BCUT2D eigenvalue weighted by atomic mass is 19.1. The summed E-state index contributed by atoms with van der Waals surface area (Å²) in [7, 11) is 1.91. The summed E-state index contributed by atoms with van der Waals surface area (Å²) in [5, 5.41) is 10.6. The molecule has 1 aromatic rings. The molecule has 0 N–H and O–H groups in total. The van der Waals surface area contributed by atoms with E-state index in [2.05, 4.69) is 0 Å². The molecule has 0 aromatic heterocycles. The third kappa shape index (κ3) is 2.19. The maximum Gasteiger partial charge on any atom is 0.305 e. The van der Waals surface area contributed by atoms with Crippen LogP contribution in [0.1, 0.15) is 18.4 Å². The first kappa shape index (κ1) is 11.0. The Kier molecular flexibility index (Phi) is 2.87. The molecule has 0 bridgehead atoms. The topological polar surface area (TPSA) is 46.4 Å². The number of hydrogen-bond acceptors (Lipinski definition) is 3. The van der Waals surface area contributed by atoms with E-state index < -0.39 is 16.4 Å². The molecule has 1 aliphatic rings. The Morgan fingerprint density at radius 1 is 1.56 bits per heavy atom. The Bertz CT molecular complexity index is 418. The van der Waals surface area contributed by atoms with E-state index in [1.807, 2.05) is 11.9 Å². The molecular weight excluding hydrogens is 211 g/mol. The minimum absolute atomic E-state index is 0.392. The number of benzene rings is 1. The van der Waals surface area contributed by atoms with E-state index in [-0.39, 0.29) is 0 Å². The van der Waals surface area contributed by atoms with E-state index in [0.717, 1.165) is 12.8 Å². The normalized spacial score (nSPS) is 15.4. The lowest BCUT2D eigenvalue weighted by molar-refractivity contribution is -0.387. The average molecular weight is 224 g/mol. The van der Waals surface area contributed by atoms with Crippen molar-refractivity contribution in [3.05, 3.63) is 39.7 Å². The molecule has 0 aliphatic heterocycles. The van der Waals surface area contributed by atoms with Gasteiger partial charge in [-0.2, -0.15) is 4.39 Å².